The summed E-state index contributed by atoms with van der Waals surface area (Å²) in [6.45, 7) is 11.4. The SMILES string of the molecule is CCCN(CCCN1CCOCC1)CC(C)C(=O)O. The van der Waals surface area contributed by atoms with Crippen molar-refractivity contribution in [3.8, 4) is 0 Å². The van der Waals surface area contributed by atoms with Gasteiger partial charge in [0.15, 0.2) is 0 Å². The van der Waals surface area contributed by atoms with Crippen LogP contribution in [0, 0.1) is 5.92 Å². The minimum absolute atomic E-state index is 0.282. The van der Waals surface area contributed by atoms with Gasteiger partial charge in [-0.1, -0.05) is 13.8 Å². The molecule has 1 aliphatic heterocycles. The predicted molar refractivity (Wildman–Crippen MR) is 75.4 cm³/mol. The van der Waals surface area contributed by atoms with E-state index in [0.717, 1.165) is 58.8 Å². The van der Waals surface area contributed by atoms with Gasteiger partial charge in [0, 0.05) is 19.6 Å². The Kier molecular flexibility index (Phi) is 8.02. The van der Waals surface area contributed by atoms with E-state index in [2.05, 4.69) is 16.7 Å². The van der Waals surface area contributed by atoms with Crippen LogP contribution >= 0.6 is 0 Å². The smallest absolute Gasteiger partial charge is 0.307 e. The van der Waals surface area contributed by atoms with Crippen molar-refractivity contribution in [2.75, 3.05) is 52.5 Å². The minimum Gasteiger partial charge on any atom is -0.481 e. The van der Waals surface area contributed by atoms with Gasteiger partial charge in [0.2, 0.25) is 0 Å². The van der Waals surface area contributed by atoms with Crippen molar-refractivity contribution in [1.82, 2.24) is 9.80 Å². The fourth-order valence-electron chi connectivity index (χ4n) is 2.42. The summed E-state index contributed by atoms with van der Waals surface area (Å²) in [6, 6.07) is 0. The van der Waals surface area contributed by atoms with E-state index >= 15 is 0 Å². The van der Waals surface area contributed by atoms with Crippen molar-refractivity contribution in [2.24, 2.45) is 5.92 Å². The monoisotopic (exact) mass is 272 g/mol. The van der Waals surface area contributed by atoms with Crippen LogP contribution in [0.2, 0.25) is 0 Å². The number of nitrogens with zero attached hydrogens (tertiary/aromatic N) is 2. The quantitative estimate of drug-likeness (QED) is 0.682. The number of hydrogen-bond donors (Lipinski definition) is 1. The van der Waals surface area contributed by atoms with Crippen LogP contribution in [0.4, 0.5) is 0 Å². The average Bonchev–Trinajstić information content (AvgIpc) is 2.40. The second-order valence-electron chi connectivity index (χ2n) is 5.35. The van der Waals surface area contributed by atoms with E-state index in [0.29, 0.717) is 6.54 Å². The van der Waals surface area contributed by atoms with Crippen LogP contribution in [0.25, 0.3) is 0 Å². The lowest BCUT2D eigenvalue weighted by molar-refractivity contribution is -0.141. The Balaban J connectivity index is 2.22. The topological polar surface area (TPSA) is 53.0 Å². The molecule has 0 bridgehead atoms. The maximum Gasteiger partial charge on any atom is 0.307 e. The zero-order valence-electron chi connectivity index (χ0n) is 12.3. The summed E-state index contributed by atoms with van der Waals surface area (Å²) in [6.07, 6.45) is 2.18. The van der Waals surface area contributed by atoms with Gasteiger partial charge in [-0.15, -0.1) is 0 Å². The zero-order chi connectivity index (χ0) is 14.1. The van der Waals surface area contributed by atoms with Gasteiger partial charge in [0.25, 0.3) is 0 Å². The molecule has 5 heteroatoms. The lowest BCUT2D eigenvalue weighted by Gasteiger charge is -2.28. The van der Waals surface area contributed by atoms with Gasteiger partial charge in [0.05, 0.1) is 19.1 Å². The third kappa shape index (κ3) is 6.89. The third-order valence-electron chi connectivity index (χ3n) is 3.55. The van der Waals surface area contributed by atoms with Crippen LogP contribution in [-0.2, 0) is 9.53 Å². The molecule has 0 saturated carbocycles. The second kappa shape index (κ2) is 9.28. The Morgan fingerprint density at radius 3 is 2.63 bits per heavy atom. The molecule has 1 N–H and O–H groups in total. The minimum atomic E-state index is -0.700. The second-order valence-corrected chi connectivity index (χ2v) is 5.35. The summed E-state index contributed by atoms with van der Waals surface area (Å²) in [5.74, 6) is -0.982. The fourth-order valence-corrected chi connectivity index (χ4v) is 2.42. The molecule has 19 heavy (non-hydrogen) atoms. The van der Waals surface area contributed by atoms with E-state index in [1.165, 1.54) is 0 Å². The number of carbonyl (C=O) groups is 1. The Labute approximate surface area is 116 Å². The first-order valence-electron chi connectivity index (χ1n) is 7.38. The summed E-state index contributed by atoms with van der Waals surface area (Å²) in [5.41, 5.74) is 0. The maximum atomic E-state index is 10.9. The maximum absolute atomic E-state index is 10.9. The van der Waals surface area contributed by atoms with Gasteiger partial charge in [-0.05, 0) is 32.5 Å². The van der Waals surface area contributed by atoms with Gasteiger partial charge < -0.3 is 14.7 Å². The van der Waals surface area contributed by atoms with E-state index in [4.69, 9.17) is 9.84 Å². The molecule has 1 fully saturated rings. The molecular weight excluding hydrogens is 244 g/mol. The van der Waals surface area contributed by atoms with Gasteiger partial charge in [-0.2, -0.15) is 0 Å². The standard InChI is InChI=1S/C14H28N2O3/c1-3-5-16(12-13(2)14(17)18)7-4-6-15-8-10-19-11-9-15/h13H,3-12H2,1-2H3,(H,17,18). The van der Waals surface area contributed by atoms with E-state index < -0.39 is 5.97 Å². The normalized spacial score (nSPS) is 18.7. The Bertz CT molecular complexity index is 255. The average molecular weight is 272 g/mol. The Morgan fingerprint density at radius 1 is 1.37 bits per heavy atom. The highest BCUT2D eigenvalue weighted by atomic mass is 16.5. The van der Waals surface area contributed by atoms with Crippen LogP contribution in [0.3, 0.4) is 0 Å². The van der Waals surface area contributed by atoms with Gasteiger partial charge in [0.1, 0.15) is 0 Å². The Hall–Kier alpha value is -0.650. The van der Waals surface area contributed by atoms with E-state index in [-0.39, 0.29) is 5.92 Å². The van der Waals surface area contributed by atoms with Crippen molar-refractivity contribution in [3.05, 3.63) is 0 Å². The third-order valence-corrected chi connectivity index (χ3v) is 3.55. The number of morpholine rings is 1. The number of carboxylic acids is 1. The van der Waals surface area contributed by atoms with Crippen LogP contribution in [-0.4, -0.2) is 73.4 Å². The van der Waals surface area contributed by atoms with Crippen LogP contribution < -0.4 is 0 Å². The molecule has 5 nitrogen and oxygen atoms in total. The molecule has 0 aromatic rings. The van der Waals surface area contributed by atoms with Gasteiger partial charge in [-0.3, -0.25) is 9.69 Å². The summed E-state index contributed by atoms with van der Waals surface area (Å²) in [4.78, 5) is 15.6. The summed E-state index contributed by atoms with van der Waals surface area (Å²) < 4.78 is 5.33. The molecule has 0 radical (unpaired) electrons. The first-order chi connectivity index (χ1) is 9.13. The number of ether oxygens (including phenoxy) is 1. The molecule has 0 spiro atoms. The van der Waals surface area contributed by atoms with E-state index in [9.17, 15) is 4.79 Å². The molecule has 1 rings (SSSR count). The number of hydrogen-bond acceptors (Lipinski definition) is 4. The lowest BCUT2D eigenvalue weighted by Crippen LogP contribution is -2.39. The van der Waals surface area contributed by atoms with Gasteiger partial charge in [-0.25, -0.2) is 0 Å². The van der Waals surface area contributed by atoms with Crippen molar-refractivity contribution in [1.29, 1.82) is 0 Å². The number of rotatable bonds is 9. The molecule has 0 aromatic carbocycles. The largest absolute Gasteiger partial charge is 0.481 e. The number of carboxylic acid groups (broad SMARTS) is 1. The lowest BCUT2D eigenvalue weighted by atomic mass is 10.1. The molecule has 0 aliphatic carbocycles. The predicted octanol–water partition coefficient (Wildman–Crippen LogP) is 1.14. The highest BCUT2D eigenvalue weighted by Gasteiger charge is 2.16. The molecule has 1 unspecified atom stereocenters. The van der Waals surface area contributed by atoms with E-state index in [1.807, 2.05) is 0 Å². The fraction of sp³-hybridized carbons (Fsp3) is 0.929. The summed E-state index contributed by atoms with van der Waals surface area (Å²) in [7, 11) is 0. The first kappa shape index (κ1) is 16.4. The molecule has 0 aromatic heterocycles. The van der Waals surface area contributed by atoms with Crippen molar-refractivity contribution >= 4 is 5.97 Å². The van der Waals surface area contributed by atoms with Gasteiger partial charge >= 0.3 is 5.97 Å². The molecule has 1 saturated heterocycles. The first-order valence-corrected chi connectivity index (χ1v) is 7.38. The number of aliphatic carboxylic acids is 1. The van der Waals surface area contributed by atoms with Crippen LogP contribution in [0.15, 0.2) is 0 Å². The molecule has 1 atom stereocenters. The van der Waals surface area contributed by atoms with Crippen molar-refractivity contribution in [2.45, 2.75) is 26.7 Å². The molecule has 112 valence electrons. The Morgan fingerprint density at radius 2 is 2.05 bits per heavy atom. The van der Waals surface area contributed by atoms with Crippen LogP contribution in [0.5, 0.6) is 0 Å². The summed E-state index contributed by atoms with van der Waals surface area (Å²) >= 11 is 0. The zero-order valence-corrected chi connectivity index (χ0v) is 12.3. The van der Waals surface area contributed by atoms with E-state index in [1.54, 1.807) is 6.92 Å². The molecule has 1 heterocycles. The summed E-state index contributed by atoms with van der Waals surface area (Å²) in [5, 5.41) is 8.98. The van der Waals surface area contributed by atoms with Crippen LogP contribution in [0.1, 0.15) is 26.7 Å². The molecular formula is C14H28N2O3. The molecule has 1 aliphatic rings. The highest BCUT2D eigenvalue weighted by molar-refractivity contribution is 5.69. The highest BCUT2D eigenvalue weighted by Crippen LogP contribution is 2.04. The van der Waals surface area contributed by atoms with Crippen molar-refractivity contribution < 1.29 is 14.6 Å². The molecule has 0 amide bonds. The van der Waals surface area contributed by atoms with Crippen molar-refractivity contribution in [3.63, 3.8) is 0 Å².